The molecule has 3 nitrogen and oxygen atoms in total. The highest BCUT2D eigenvalue weighted by Gasteiger charge is 2.17. The van der Waals surface area contributed by atoms with E-state index < -0.39 is 0 Å². The summed E-state index contributed by atoms with van der Waals surface area (Å²) in [6.45, 7) is 9.86. The molecule has 0 saturated carbocycles. The summed E-state index contributed by atoms with van der Waals surface area (Å²) < 4.78 is 5.87. The second-order valence-corrected chi connectivity index (χ2v) is 6.54. The quantitative estimate of drug-likeness (QED) is 0.868. The highest BCUT2D eigenvalue weighted by Crippen LogP contribution is 2.23. The number of aryl methyl sites for hydroxylation is 2. The number of rotatable bonds is 5. The lowest BCUT2D eigenvalue weighted by molar-refractivity contribution is -0.902. The van der Waals surface area contributed by atoms with Crippen LogP contribution in [0, 0.1) is 20.8 Å². The van der Waals surface area contributed by atoms with Gasteiger partial charge in [0.25, 0.3) is 0 Å². The molecule has 1 atom stereocenters. The van der Waals surface area contributed by atoms with Gasteiger partial charge in [0.15, 0.2) is 0 Å². The zero-order valence-electron chi connectivity index (χ0n) is 13.7. The van der Waals surface area contributed by atoms with Crippen LogP contribution in [0.1, 0.15) is 42.4 Å². The SMILES string of the molecule is Cc1cc(C)c(C)c(OC[C@@H](O)C[NH+]2CCCCCC2)c1. The Bertz CT molecular complexity index is 451. The van der Waals surface area contributed by atoms with Crippen LogP contribution in [-0.4, -0.2) is 37.5 Å². The Kier molecular flexibility index (Phi) is 6.07. The smallest absolute Gasteiger partial charge is 0.137 e. The minimum atomic E-state index is -0.377. The fourth-order valence-electron chi connectivity index (χ4n) is 3.16. The molecule has 1 aliphatic heterocycles. The number of hydrogen-bond donors (Lipinski definition) is 2. The molecule has 1 aromatic rings. The molecule has 1 aliphatic rings. The average Bonchev–Trinajstić information content (AvgIpc) is 2.70. The van der Waals surface area contributed by atoms with Crippen molar-refractivity contribution >= 4 is 0 Å². The van der Waals surface area contributed by atoms with Crippen molar-refractivity contribution in [2.75, 3.05) is 26.2 Å². The molecular formula is C18H30NO2+. The first-order valence-corrected chi connectivity index (χ1v) is 8.28. The Labute approximate surface area is 128 Å². The molecule has 1 saturated heterocycles. The molecular weight excluding hydrogens is 262 g/mol. The van der Waals surface area contributed by atoms with Crippen LogP contribution in [0.2, 0.25) is 0 Å². The fourth-order valence-corrected chi connectivity index (χ4v) is 3.16. The van der Waals surface area contributed by atoms with Crippen molar-refractivity contribution in [3.05, 3.63) is 28.8 Å². The second kappa shape index (κ2) is 7.81. The molecule has 2 rings (SSSR count). The van der Waals surface area contributed by atoms with Crippen LogP contribution >= 0.6 is 0 Å². The summed E-state index contributed by atoms with van der Waals surface area (Å²) in [5.74, 6) is 0.914. The van der Waals surface area contributed by atoms with Crippen molar-refractivity contribution in [2.45, 2.75) is 52.6 Å². The van der Waals surface area contributed by atoms with Gasteiger partial charge in [-0.3, -0.25) is 0 Å². The first-order chi connectivity index (χ1) is 10.1. The Hall–Kier alpha value is -1.06. The van der Waals surface area contributed by atoms with Crippen molar-refractivity contribution in [3.8, 4) is 5.75 Å². The van der Waals surface area contributed by atoms with E-state index in [2.05, 4.69) is 32.9 Å². The Morgan fingerprint density at radius 1 is 1.10 bits per heavy atom. The number of aliphatic hydroxyl groups is 1. The summed E-state index contributed by atoms with van der Waals surface area (Å²) >= 11 is 0. The predicted molar refractivity (Wildman–Crippen MR) is 86.2 cm³/mol. The van der Waals surface area contributed by atoms with Crippen molar-refractivity contribution in [2.24, 2.45) is 0 Å². The van der Waals surface area contributed by atoms with Gasteiger partial charge in [0.2, 0.25) is 0 Å². The first-order valence-electron chi connectivity index (χ1n) is 8.28. The van der Waals surface area contributed by atoms with E-state index in [1.165, 1.54) is 60.4 Å². The molecule has 0 amide bonds. The number of likely N-dealkylation sites (tertiary alicyclic amines) is 1. The topological polar surface area (TPSA) is 33.9 Å². The number of ether oxygens (including phenoxy) is 1. The third kappa shape index (κ3) is 5.01. The first kappa shape index (κ1) is 16.3. The van der Waals surface area contributed by atoms with Crippen molar-refractivity contribution in [1.82, 2.24) is 0 Å². The van der Waals surface area contributed by atoms with Gasteiger partial charge in [-0.1, -0.05) is 6.07 Å². The lowest BCUT2D eigenvalue weighted by Crippen LogP contribution is -3.13. The molecule has 0 bridgehead atoms. The third-order valence-corrected chi connectivity index (χ3v) is 4.53. The average molecular weight is 292 g/mol. The molecule has 1 aromatic carbocycles. The van der Waals surface area contributed by atoms with Crippen LogP contribution in [0.5, 0.6) is 5.75 Å². The molecule has 0 spiro atoms. The second-order valence-electron chi connectivity index (χ2n) is 6.54. The summed E-state index contributed by atoms with van der Waals surface area (Å²) in [6, 6.07) is 4.23. The predicted octanol–water partition coefficient (Wildman–Crippen LogP) is 1.81. The largest absolute Gasteiger partial charge is 0.490 e. The van der Waals surface area contributed by atoms with Gasteiger partial charge in [-0.15, -0.1) is 0 Å². The van der Waals surface area contributed by atoms with Crippen molar-refractivity contribution in [1.29, 1.82) is 0 Å². The van der Waals surface area contributed by atoms with Gasteiger partial charge < -0.3 is 14.7 Å². The Balaban J connectivity index is 1.84. The van der Waals surface area contributed by atoms with E-state index in [1.54, 1.807) is 0 Å². The molecule has 0 aliphatic carbocycles. The van der Waals surface area contributed by atoms with Gasteiger partial charge in [-0.25, -0.2) is 0 Å². The monoisotopic (exact) mass is 292 g/mol. The van der Waals surface area contributed by atoms with Gasteiger partial charge in [0.05, 0.1) is 13.1 Å². The summed E-state index contributed by atoms with van der Waals surface area (Å²) in [5.41, 5.74) is 3.63. The number of nitrogens with one attached hydrogen (secondary N) is 1. The zero-order valence-corrected chi connectivity index (χ0v) is 13.7. The number of benzene rings is 1. The molecule has 0 unspecified atom stereocenters. The molecule has 1 fully saturated rings. The normalized spacial score (nSPS) is 18.3. The van der Waals surface area contributed by atoms with Crippen LogP contribution < -0.4 is 9.64 Å². The van der Waals surface area contributed by atoms with Crippen LogP contribution in [0.15, 0.2) is 12.1 Å². The molecule has 1 heterocycles. The molecule has 118 valence electrons. The molecule has 0 aromatic heterocycles. The van der Waals surface area contributed by atoms with E-state index in [9.17, 15) is 5.11 Å². The lowest BCUT2D eigenvalue weighted by Gasteiger charge is -2.21. The highest BCUT2D eigenvalue weighted by atomic mass is 16.5. The van der Waals surface area contributed by atoms with Crippen LogP contribution in [-0.2, 0) is 0 Å². The standard InChI is InChI=1S/C18H29NO2/c1-14-10-15(2)16(3)18(11-14)21-13-17(20)12-19-8-6-4-5-7-9-19/h10-11,17,20H,4-9,12-13H2,1-3H3/p+1/t17-/m0/s1. The van der Waals surface area contributed by atoms with Crippen LogP contribution in [0.4, 0.5) is 0 Å². The fraction of sp³-hybridized carbons (Fsp3) is 0.667. The van der Waals surface area contributed by atoms with Crippen molar-refractivity contribution < 1.29 is 14.7 Å². The summed E-state index contributed by atoms with van der Waals surface area (Å²) in [4.78, 5) is 1.53. The minimum Gasteiger partial charge on any atom is -0.490 e. The van der Waals surface area contributed by atoms with E-state index in [0.29, 0.717) is 6.61 Å². The molecule has 0 radical (unpaired) electrons. The van der Waals surface area contributed by atoms with Gasteiger partial charge >= 0.3 is 0 Å². The van der Waals surface area contributed by atoms with Crippen molar-refractivity contribution in [3.63, 3.8) is 0 Å². The maximum Gasteiger partial charge on any atom is 0.137 e. The lowest BCUT2D eigenvalue weighted by atomic mass is 10.1. The molecule has 3 heteroatoms. The Morgan fingerprint density at radius 3 is 2.43 bits per heavy atom. The summed E-state index contributed by atoms with van der Waals surface area (Å²) in [5, 5.41) is 10.2. The van der Waals surface area contributed by atoms with E-state index in [4.69, 9.17) is 4.74 Å². The summed E-state index contributed by atoms with van der Waals surface area (Å²) in [6.07, 6.45) is 4.90. The van der Waals surface area contributed by atoms with E-state index in [0.717, 1.165) is 12.3 Å². The maximum atomic E-state index is 10.2. The van der Waals surface area contributed by atoms with E-state index in [1.807, 2.05) is 0 Å². The van der Waals surface area contributed by atoms with Gasteiger partial charge in [0, 0.05) is 0 Å². The number of hydrogen-bond acceptors (Lipinski definition) is 2. The van der Waals surface area contributed by atoms with Crippen LogP contribution in [0.25, 0.3) is 0 Å². The van der Waals surface area contributed by atoms with Gasteiger partial charge in [0.1, 0.15) is 25.0 Å². The number of quaternary nitrogens is 1. The highest BCUT2D eigenvalue weighted by molar-refractivity contribution is 5.41. The van der Waals surface area contributed by atoms with E-state index in [-0.39, 0.29) is 6.10 Å². The molecule has 2 N–H and O–H groups in total. The maximum absolute atomic E-state index is 10.2. The van der Waals surface area contributed by atoms with Crippen LogP contribution in [0.3, 0.4) is 0 Å². The van der Waals surface area contributed by atoms with E-state index >= 15 is 0 Å². The minimum absolute atomic E-state index is 0.377. The third-order valence-electron chi connectivity index (χ3n) is 4.53. The number of aliphatic hydroxyl groups excluding tert-OH is 1. The van der Waals surface area contributed by atoms with Gasteiger partial charge in [-0.2, -0.15) is 0 Å². The molecule has 21 heavy (non-hydrogen) atoms. The Morgan fingerprint density at radius 2 is 1.76 bits per heavy atom. The van der Waals surface area contributed by atoms with Gasteiger partial charge in [-0.05, 0) is 69.2 Å². The zero-order chi connectivity index (χ0) is 15.2. The summed E-state index contributed by atoms with van der Waals surface area (Å²) in [7, 11) is 0.